The molecule has 0 aliphatic heterocycles. The number of hydrogen-bond donors (Lipinski definition) is 1. The number of rotatable bonds is 4. The highest BCUT2D eigenvalue weighted by molar-refractivity contribution is 7.11. The SMILES string of the molecule is CNCC1CCCc2sc(Cc3ccc(Cl)cc3)nc21. The molecule has 4 heteroatoms. The van der Waals surface area contributed by atoms with Gasteiger partial charge in [0.1, 0.15) is 0 Å². The number of halogens is 1. The molecule has 0 amide bonds. The monoisotopic (exact) mass is 306 g/mol. The number of likely N-dealkylation sites (N-methyl/N-ethyl adjacent to an activating group) is 1. The Morgan fingerprint density at radius 2 is 2.15 bits per heavy atom. The lowest BCUT2D eigenvalue weighted by Crippen LogP contribution is -2.21. The molecule has 1 aromatic heterocycles. The second-order valence-electron chi connectivity index (χ2n) is 5.37. The van der Waals surface area contributed by atoms with Crippen molar-refractivity contribution in [1.82, 2.24) is 10.3 Å². The highest BCUT2D eigenvalue weighted by Gasteiger charge is 2.24. The molecule has 0 fully saturated rings. The smallest absolute Gasteiger partial charge is 0.0975 e. The molecule has 1 aliphatic rings. The van der Waals surface area contributed by atoms with Crippen LogP contribution in [-0.4, -0.2) is 18.6 Å². The maximum absolute atomic E-state index is 5.93. The molecule has 0 bridgehead atoms. The fourth-order valence-corrected chi connectivity index (χ4v) is 4.21. The summed E-state index contributed by atoms with van der Waals surface area (Å²) in [7, 11) is 2.02. The normalized spacial score (nSPS) is 18.0. The predicted octanol–water partition coefficient (Wildman–Crippen LogP) is 4.03. The van der Waals surface area contributed by atoms with Crippen LogP contribution in [-0.2, 0) is 12.8 Å². The number of aromatic nitrogens is 1. The number of benzene rings is 1. The Kier molecular flexibility index (Phi) is 4.39. The number of hydrogen-bond acceptors (Lipinski definition) is 3. The van der Waals surface area contributed by atoms with Gasteiger partial charge in [0.25, 0.3) is 0 Å². The Bertz CT molecular complexity index is 577. The van der Waals surface area contributed by atoms with Crippen molar-refractivity contribution >= 4 is 22.9 Å². The lowest BCUT2D eigenvalue weighted by atomic mass is 9.91. The number of nitrogens with one attached hydrogen (secondary N) is 1. The summed E-state index contributed by atoms with van der Waals surface area (Å²) in [4.78, 5) is 6.41. The van der Waals surface area contributed by atoms with Crippen molar-refractivity contribution in [3.63, 3.8) is 0 Å². The fraction of sp³-hybridized carbons (Fsp3) is 0.438. The third kappa shape index (κ3) is 3.05. The van der Waals surface area contributed by atoms with Crippen LogP contribution in [0.4, 0.5) is 0 Å². The molecule has 1 aliphatic carbocycles. The first-order valence-electron chi connectivity index (χ1n) is 7.14. The molecule has 0 saturated carbocycles. The predicted molar refractivity (Wildman–Crippen MR) is 86.0 cm³/mol. The maximum atomic E-state index is 5.93. The highest BCUT2D eigenvalue weighted by Crippen LogP contribution is 2.35. The van der Waals surface area contributed by atoms with E-state index in [2.05, 4.69) is 17.4 Å². The second kappa shape index (κ2) is 6.25. The largest absolute Gasteiger partial charge is 0.319 e. The zero-order valence-electron chi connectivity index (χ0n) is 11.7. The van der Waals surface area contributed by atoms with E-state index in [4.69, 9.17) is 16.6 Å². The van der Waals surface area contributed by atoms with E-state index < -0.39 is 0 Å². The van der Waals surface area contributed by atoms with E-state index in [0.29, 0.717) is 5.92 Å². The minimum atomic E-state index is 0.596. The lowest BCUT2D eigenvalue weighted by molar-refractivity contribution is 0.522. The summed E-state index contributed by atoms with van der Waals surface area (Å²) in [6, 6.07) is 8.09. The van der Waals surface area contributed by atoms with E-state index in [1.54, 1.807) is 0 Å². The molecule has 2 aromatic rings. The standard InChI is InChI=1S/C16H19ClN2S/c1-18-10-12-3-2-4-14-16(12)19-15(20-14)9-11-5-7-13(17)8-6-11/h5-8,12,18H,2-4,9-10H2,1H3. The number of aryl methyl sites for hydroxylation is 1. The van der Waals surface area contributed by atoms with Crippen LogP contribution in [0.15, 0.2) is 24.3 Å². The van der Waals surface area contributed by atoms with Gasteiger partial charge in [0, 0.05) is 28.8 Å². The summed E-state index contributed by atoms with van der Waals surface area (Å²) >= 11 is 7.82. The van der Waals surface area contributed by atoms with E-state index in [-0.39, 0.29) is 0 Å². The Balaban J connectivity index is 1.80. The van der Waals surface area contributed by atoms with Crippen LogP contribution in [0.1, 0.15) is 39.9 Å². The molecule has 0 spiro atoms. The summed E-state index contributed by atoms with van der Waals surface area (Å²) in [5.74, 6) is 0.596. The zero-order chi connectivity index (χ0) is 13.9. The van der Waals surface area contributed by atoms with E-state index in [9.17, 15) is 0 Å². The average molecular weight is 307 g/mol. The van der Waals surface area contributed by atoms with E-state index in [1.165, 1.54) is 40.4 Å². The summed E-state index contributed by atoms with van der Waals surface area (Å²) in [5, 5.41) is 5.32. The Morgan fingerprint density at radius 1 is 1.35 bits per heavy atom. The molecule has 3 rings (SSSR count). The minimum Gasteiger partial charge on any atom is -0.319 e. The minimum absolute atomic E-state index is 0.596. The summed E-state index contributed by atoms with van der Waals surface area (Å²) in [6.45, 7) is 1.04. The maximum Gasteiger partial charge on any atom is 0.0975 e. The van der Waals surface area contributed by atoms with Crippen molar-refractivity contribution in [3.05, 3.63) is 50.4 Å². The van der Waals surface area contributed by atoms with E-state index in [1.807, 2.05) is 30.5 Å². The fourth-order valence-electron chi connectivity index (χ4n) is 2.86. The van der Waals surface area contributed by atoms with Gasteiger partial charge >= 0.3 is 0 Å². The van der Waals surface area contributed by atoms with Crippen LogP contribution in [0.2, 0.25) is 5.02 Å². The number of nitrogens with zero attached hydrogens (tertiary/aromatic N) is 1. The topological polar surface area (TPSA) is 24.9 Å². The number of thiazole rings is 1. The van der Waals surface area contributed by atoms with Gasteiger partial charge in [-0.3, -0.25) is 0 Å². The molecule has 0 radical (unpaired) electrons. The summed E-state index contributed by atoms with van der Waals surface area (Å²) < 4.78 is 0. The van der Waals surface area contributed by atoms with Crippen molar-refractivity contribution in [3.8, 4) is 0 Å². The van der Waals surface area contributed by atoms with Gasteiger partial charge in [-0.15, -0.1) is 11.3 Å². The summed E-state index contributed by atoms with van der Waals surface area (Å²) in [6.07, 6.45) is 4.68. The lowest BCUT2D eigenvalue weighted by Gasteiger charge is -2.20. The van der Waals surface area contributed by atoms with Gasteiger partial charge in [0.2, 0.25) is 0 Å². The Morgan fingerprint density at radius 3 is 2.90 bits per heavy atom. The quantitative estimate of drug-likeness (QED) is 0.922. The molecule has 0 saturated heterocycles. The molecule has 1 aromatic carbocycles. The highest BCUT2D eigenvalue weighted by atomic mass is 35.5. The molecule has 1 atom stereocenters. The molecular formula is C16H19ClN2S. The van der Waals surface area contributed by atoms with Gasteiger partial charge in [0.05, 0.1) is 10.7 Å². The zero-order valence-corrected chi connectivity index (χ0v) is 13.2. The molecule has 2 nitrogen and oxygen atoms in total. The van der Waals surface area contributed by atoms with Gasteiger partial charge in [-0.25, -0.2) is 4.98 Å². The van der Waals surface area contributed by atoms with E-state index >= 15 is 0 Å². The average Bonchev–Trinajstić information content (AvgIpc) is 2.85. The molecule has 20 heavy (non-hydrogen) atoms. The van der Waals surface area contributed by atoms with Crippen LogP contribution in [0.3, 0.4) is 0 Å². The second-order valence-corrected chi connectivity index (χ2v) is 6.97. The van der Waals surface area contributed by atoms with Gasteiger partial charge < -0.3 is 5.32 Å². The third-order valence-corrected chi connectivity index (χ3v) is 5.22. The van der Waals surface area contributed by atoms with Crippen LogP contribution >= 0.6 is 22.9 Å². The van der Waals surface area contributed by atoms with Crippen LogP contribution in [0.5, 0.6) is 0 Å². The van der Waals surface area contributed by atoms with Crippen molar-refractivity contribution in [1.29, 1.82) is 0 Å². The van der Waals surface area contributed by atoms with Crippen molar-refractivity contribution in [2.75, 3.05) is 13.6 Å². The first-order chi connectivity index (χ1) is 9.76. The van der Waals surface area contributed by atoms with Crippen LogP contribution < -0.4 is 5.32 Å². The van der Waals surface area contributed by atoms with Crippen molar-refractivity contribution in [2.24, 2.45) is 0 Å². The summed E-state index contributed by atoms with van der Waals surface area (Å²) in [5.41, 5.74) is 2.63. The Hall–Kier alpha value is -0.900. The first kappa shape index (κ1) is 14.1. The van der Waals surface area contributed by atoms with Gasteiger partial charge in [-0.1, -0.05) is 23.7 Å². The van der Waals surface area contributed by atoms with Gasteiger partial charge in [-0.2, -0.15) is 0 Å². The third-order valence-electron chi connectivity index (χ3n) is 3.83. The van der Waals surface area contributed by atoms with Crippen molar-refractivity contribution < 1.29 is 0 Å². The van der Waals surface area contributed by atoms with E-state index in [0.717, 1.165) is 18.0 Å². The van der Waals surface area contributed by atoms with Crippen molar-refractivity contribution in [2.45, 2.75) is 31.6 Å². The van der Waals surface area contributed by atoms with Crippen LogP contribution in [0.25, 0.3) is 0 Å². The molecule has 1 heterocycles. The number of fused-ring (bicyclic) bond motifs is 1. The molecule has 106 valence electrons. The molecule has 1 N–H and O–H groups in total. The Labute approximate surface area is 129 Å². The van der Waals surface area contributed by atoms with Gasteiger partial charge in [0.15, 0.2) is 0 Å². The molecular weight excluding hydrogens is 288 g/mol. The molecule has 1 unspecified atom stereocenters. The van der Waals surface area contributed by atoms with Crippen LogP contribution in [0, 0.1) is 0 Å². The first-order valence-corrected chi connectivity index (χ1v) is 8.33. The van der Waals surface area contributed by atoms with Gasteiger partial charge in [-0.05, 0) is 44.0 Å².